The van der Waals surface area contributed by atoms with Gasteiger partial charge in [-0.05, 0) is 25.1 Å². The van der Waals surface area contributed by atoms with E-state index >= 15 is 0 Å². The van der Waals surface area contributed by atoms with Gasteiger partial charge in [0, 0.05) is 31.7 Å². The fourth-order valence-corrected chi connectivity index (χ4v) is 1.79. The molecule has 0 bridgehead atoms. The monoisotopic (exact) mass is 315 g/mol. The maximum Gasteiger partial charge on any atom is 0.223 e. The van der Waals surface area contributed by atoms with Crippen LogP contribution in [0.25, 0.3) is 0 Å². The zero-order valence-corrected chi connectivity index (χ0v) is 13.2. The van der Waals surface area contributed by atoms with E-state index in [0.717, 1.165) is 0 Å². The Morgan fingerprint density at radius 2 is 2.19 bits per heavy atom. The molecule has 0 aromatic heterocycles. The quantitative estimate of drug-likeness (QED) is 0.731. The topological polar surface area (TPSA) is 67.8 Å². The molecular formula is C15H22ClNO4. The number of ether oxygens (including phenoxy) is 2. The Morgan fingerprint density at radius 1 is 1.43 bits per heavy atom. The molecule has 1 atom stereocenters. The van der Waals surface area contributed by atoms with Crippen molar-refractivity contribution in [2.24, 2.45) is 0 Å². The van der Waals surface area contributed by atoms with Gasteiger partial charge in [-0.15, -0.1) is 0 Å². The first-order chi connectivity index (χ1) is 9.93. The van der Waals surface area contributed by atoms with Crippen molar-refractivity contribution in [1.29, 1.82) is 0 Å². The number of benzene rings is 1. The summed E-state index contributed by atoms with van der Waals surface area (Å²) in [7, 11) is 1.57. The summed E-state index contributed by atoms with van der Waals surface area (Å²) in [6, 6.07) is 7.00. The Kier molecular flexibility index (Phi) is 7.50. The number of aliphatic hydroxyl groups is 1. The number of carbonyl (C=O) groups excluding carboxylic acids is 1. The van der Waals surface area contributed by atoms with Crippen molar-refractivity contribution in [1.82, 2.24) is 5.32 Å². The molecule has 6 heteroatoms. The molecule has 0 aliphatic rings. The summed E-state index contributed by atoms with van der Waals surface area (Å²) < 4.78 is 10.3. The number of carbonyl (C=O) groups is 1. The van der Waals surface area contributed by atoms with E-state index in [9.17, 15) is 9.90 Å². The molecule has 5 nitrogen and oxygen atoms in total. The van der Waals surface area contributed by atoms with E-state index in [2.05, 4.69) is 5.32 Å². The van der Waals surface area contributed by atoms with Crippen LogP contribution >= 0.6 is 11.6 Å². The number of amides is 1. The number of rotatable bonds is 9. The summed E-state index contributed by atoms with van der Waals surface area (Å²) in [6.45, 7) is 2.55. The maximum atomic E-state index is 11.7. The lowest BCUT2D eigenvalue weighted by Crippen LogP contribution is -2.41. The van der Waals surface area contributed by atoms with Gasteiger partial charge in [0.2, 0.25) is 5.91 Å². The van der Waals surface area contributed by atoms with Crippen LogP contribution in [0, 0.1) is 0 Å². The van der Waals surface area contributed by atoms with Crippen molar-refractivity contribution in [2.75, 3.05) is 26.9 Å². The zero-order valence-electron chi connectivity index (χ0n) is 12.4. The highest BCUT2D eigenvalue weighted by atomic mass is 35.5. The van der Waals surface area contributed by atoms with Crippen molar-refractivity contribution in [3.63, 3.8) is 0 Å². The van der Waals surface area contributed by atoms with E-state index in [1.54, 1.807) is 38.3 Å². The van der Waals surface area contributed by atoms with Gasteiger partial charge in [0.05, 0.1) is 18.6 Å². The van der Waals surface area contributed by atoms with Crippen molar-refractivity contribution >= 4 is 17.5 Å². The molecule has 2 N–H and O–H groups in total. The first-order valence-corrected chi connectivity index (χ1v) is 7.17. The highest BCUT2D eigenvalue weighted by Crippen LogP contribution is 2.17. The van der Waals surface area contributed by atoms with E-state index in [0.29, 0.717) is 23.8 Å². The zero-order chi connectivity index (χ0) is 15.7. The molecule has 1 rings (SSSR count). The molecule has 1 amide bonds. The highest BCUT2D eigenvalue weighted by molar-refractivity contribution is 6.30. The molecule has 0 heterocycles. The van der Waals surface area contributed by atoms with Gasteiger partial charge < -0.3 is 19.9 Å². The van der Waals surface area contributed by atoms with Crippen molar-refractivity contribution in [3.05, 3.63) is 29.3 Å². The fraction of sp³-hybridized carbons (Fsp3) is 0.533. The van der Waals surface area contributed by atoms with Crippen LogP contribution in [0.15, 0.2) is 24.3 Å². The van der Waals surface area contributed by atoms with E-state index in [1.165, 1.54) is 0 Å². The molecule has 1 unspecified atom stereocenters. The lowest BCUT2D eigenvalue weighted by Gasteiger charge is -2.23. The smallest absolute Gasteiger partial charge is 0.223 e. The van der Waals surface area contributed by atoms with Gasteiger partial charge in [0.15, 0.2) is 0 Å². The minimum atomic E-state index is -0.973. The number of methoxy groups -OCH3 is 1. The van der Waals surface area contributed by atoms with Crippen molar-refractivity contribution in [3.8, 4) is 5.75 Å². The van der Waals surface area contributed by atoms with Gasteiger partial charge in [-0.1, -0.05) is 17.7 Å². The van der Waals surface area contributed by atoms with Gasteiger partial charge in [0.25, 0.3) is 0 Å². The second kappa shape index (κ2) is 8.87. The molecule has 118 valence electrons. The molecular weight excluding hydrogens is 294 g/mol. The van der Waals surface area contributed by atoms with Crippen LogP contribution in [-0.2, 0) is 9.53 Å². The molecule has 0 saturated heterocycles. The molecule has 0 aliphatic heterocycles. The third kappa shape index (κ3) is 7.90. The largest absolute Gasteiger partial charge is 0.493 e. The van der Waals surface area contributed by atoms with Gasteiger partial charge in [-0.25, -0.2) is 0 Å². The molecule has 1 aromatic rings. The minimum absolute atomic E-state index is 0.172. The van der Waals surface area contributed by atoms with Gasteiger partial charge in [-0.2, -0.15) is 0 Å². The molecule has 21 heavy (non-hydrogen) atoms. The second-order valence-corrected chi connectivity index (χ2v) is 5.51. The lowest BCUT2D eigenvalue weighted by atomic mass is 10.0. The second-order valence-electron chi connectivity index (χ2n) is 5.07. The summed E-state index contributed by atoms with van der Waals surface area (Å²) in [4.78, 5) is 11.7. The average molecular weight is 316 g/mol. The maximum absolute atomic E-state index is 11.7. The molecule has 0 radical (unpaired) electrons. The molecule has 1 aromatic carbocycles. The third-order valence-electron chi connectivity index (χ3n) is 2.91. The van der Waals surface area contributed by atoms with Gasteiger partial charge >= 0.3 is 0 Å². The Morgan fingerprint density at radius 3 is 2.86 bits per heavy atom. The van der Waals surface area contributed by atoms with E-state index < -0.39 is 5.60 Å². The van der Waals surface area contributed by atoms with Gasteiger partial charge in [-0.3, -0.25) is 4.79 Å². The Bertz CT molecular complexity index is 451. The molecule has 0 fully saturated rings. The predicted octanol–water partition coefficient (Wildman–Crippen LogP) is 2.01. The number of halogens is 1. The van der Waals surface area contributed by atoms with Crippen LogP contribution < -0.4 is 10.1 Å². The predicted molar refractivity (Wildman–Crippen MR) is 81.7 cm³/mol. The Labute approximate surface area is 130 Å². The van der Waals surface area contributed by atoms with E-state index in [-0.39, 0.29) is 25.5 Å². The lowest BCUT2D eigenvalue weighted by molar-refractivity contribution is -0.122. The van der Waals surface area contributed by atoms with E-state index in [4.69, 9.17) is 21.1 Å². The summed E-state index contributed by atoms with van der Waals surface area (Å²) in [5.41, 5.74) is -0.973. The first kappa shape index (κ1) is 17.8. The van der Waals surface area contributed by atoms with Crippen molar-refractivity contribution < 1.29 is 19.4 Å². The van der Waals surface area contributed by atoms with Gasteiger partial charge in [0.1, 0.15) is 5.75 Å². The van der Waals surface area contributed by atoms with Crippen LogP contribution in [0.3, 0.4) is 0 Å². The molecule has 0 spiro atoms. The molecule has 0 aliphatic carbocycles. The van der Waals surface area contributed by atoms with Crippen LogP contribution in [0.1, 0.15) is 19.8 Å². The van der Waals surface area contributed by atoms with Crippen LogP contribution in [0.5, 0.6) is 5.75 Å². The van der Waals surface area contributed by atoms with Crippen LogP contribution in [0.4, 0.5) is 0 Å². The Balaban J connectivity index is 2.22. The molecule has 0 saturated carbocycles. The summed E-state index contributed by atoms with van der Waals surface area (Å²) in [5.74, 6) is 0.456. The summed E-state index contributed by atoms with van der Waals surface area (Å²) in [5, 5.41) is 13.3. The minimum Gasteiger partial charge on any atom is -0.493 e. The normalized spacial score (nSPS) is 13.5. The van der Waals surface area contributed by atoms with Crippen LogP contribution in [0.2, 0.25) is 5.02 Å². The number of hydrogen-bond donors (Lipinski definition) is 2. The summed E-state index contributed by atoms with van der Waals surface area (Å²) in [6.07, 6.45) is 0.676. The Hall–Kier alpha value is -1.30. The van der Waals surface area contributed by atoms with E-state index in [1.807, 2.05) is 0 Å². The first-order valence-electron chi connectivity index (χ1n) is 6.79. The fourth-order valence-electron chi connectivity index (χ4n) is 1.61. The number of hydrogen-bond acceptors (Lipinski definition) is 4. The van der Waals surface area contributed by atoms with Crippen LogP contribution in [-0.4, -0.2) is 43.5 Å². The number of nitrogens with one attached hydrogen (secondary N) is 1. The van der Waals surface area contributed by atoms with Crippen molar-refractivity contribution in [2.45, 2.75) is 25.4 Å². The third-order valence-corrected chi connectivity index (χ3v) is 3.14. The highest BCUT2D eigenvalue weighted by Gasteiger charge is 2.20. The SMILES string of the molecule is COCCC(C)(O)CNC(=O)CCOc1cccc(Cl)c1. The average Bonchev–Trinajstić information content (AvgIpc) is 2.43. The summed E-state index contributed by atoms with van der Waals surface area (Å²) >= 11 is 5.83. The standard InChI is InChI=1S/C15H22ClNO4/c1-15(19,7-9-20-2)11-17-14(18)6-8-21-13-5-3-4-12(16)10-13/h3-5,10,19H,6-9,11H2,1-2H3,(H,17,18).